The first-order valence-corrected chi connectivity index (χ1v) is 18.0. The second-order valence-corrected chi connectivity index (χ2v) is 13.7. The van der Waals surface area contributed by atoms with E-state index in [4.69, 9.17) is 61.0 Å². The molecule has 0 amide bonds. The Hall–Kier alpha value is -2.01. The predicted molar refractivity (Wildman–Crippen MR) is 169 cm³/mol. The third-order valence-corrected chi connectivity index (χ3v) is 9.10. The van der Waals surface area contributed by atoms with Crippen molar-refractivity contribution in [2.45, 2.75) is 43.5 Å². The van der Waals surface area contributed by atoms with Crippen molar-refractivity contribution in [3.05, 3.63) is 11.5 Å². The first-order valence-electron chi connectivity index (χ1n) is 15.8. The summed E-state index contributed by atoms with van der Waals surface area (Å²) in [6.07, 6.45) is 2.98. The molecule has 4 heterocycles. The molecule has 0 aromatic carbocycles. The quantitative estimate of drug-likeness (QED) is 0.0623. The number of piperidine rings is 1. The molecule has 1 saturated carbocycles. The molecule has 2 saturated heterocycles. The van der Waals surface area contributed by atoms with Gasteiger partial charge in [0.15, 0.2) is 11.9 Å². The minimum absolute atomic E-state index is 0.0149. The predicted octanol–water partition coefficient (Wildman–Crippen LogP) is 0.182. The molecule has 268 valence electrons. The number of nitrogens with zero attached hydrogens (tertiary/aromatic N) is 5. The number of aliphatic hydroxyl groups is 2. The van der Waals surface area contributed by atoms with Gasteiger partial charge in [-0.3, -0.25) is 4.57 Å². The zero-order valence-corrected chi connectivity index (χ0v) is 28.1. The second kappa shape index (κ2) is 17.8. The Morgan fingerprint density at radius 1 is 0.938 bits per heavy atom. The minimum atomic E-state index is -4.41. The number of hydrogen-bond donors (Lipinski definition) is 4. The largest absolute Gasteiger partial charge is 0.387 e. The molecular weight excluding hydrogens is 677 g/mol. The van der Waals surface area contributed by atoms with Gasteiger partial charge in [0.2, 0.25) is 5.28 Å². The van der Waals surface area contributed by atoms with Crippen LogP contribution in [0.15, 0.2) is 6.20 Å². The van der Waals surface area contributed by atoms with Crippen LogP contribution in [0.2, 0.25) is 5.28 Å². The van der Waals surface area contributed by atoms with Crippen LogP contribution in [0.5, 0.6) is 0 Å². The Morgan fingerprint density at radius 2 is 1.56 bits per heavy atom. The van der Waals surface area contributed by atoms with E-state index in [-0.39, 0.29) is 36.4 Å². The summed E-state index contributed by atoms with van der Waals surface area (Å²) >= 11 is 6.37. The van der Waals surface area contributed by atoms with Crippen molar-refractivity contribution in [2.75, 3.05) is 90.4 Å². The highest BCUT2D eigenvalue weighted by atomic mass is 35.5. The molecule has 3 fully saturated rings. The zero-order chi connectivity index (χ0) is 34.1. The number of ether oxygens (including phenoxy) is 7. The topological polar surface area (TPSA) is 209 Å². The van der Waals surface area contributed by atoms with Crippen LogP contribution in [0.25, 0.3) is 11.0 Å². The first kappa shape index (κ1) is 37.3. The van der Waals surface area contributed by atoms with E-state index in [1.165, 1.54) is 4.68 Å². The number of hydrogen-bond acceptors (Lipinski definition) is 14. The Labute approximate surface area is 282 Å². The van der Waals surface area contributed by atoms with Crippen molar-refractivity contribution in [3.8, 4) is 12.3 Å². The highest BCUT2D eigenvalue weighted by molar-refractivity contribution is 7.51. The third-order valence-electron chi connectivity index (χ3n) is 8.41. The molecule has 19 heteroatoms. The Morgan fingerprint density at radius 3 is 2.19 bits per heavy atom. The molecule has 7 atom stereocenters. The molecule has 2 aromatic heterocycles. The Kier molecular flexibility index (Phi) is 13.8. The number of aliphatic hydroxyl groups excluding tert-OH is 2. The monoisotopic (exact) mass is 719 g/mol. The number of anilines is 1. The van der Waals surface area contributed by atoms with Gasteiger partial charge in [-0.25, -0.2) is 4.68 Å². The summed E-state index contributed by atoms with van der Waals surface area (Å²) in [5.74, 6) is 3.57. The molecule has 17 nitrogen and oxygen atoms in total. The molecule has 1 unspecified atom stereocenters. The number of rotatable bonds is 20. The molecule has 48 heavy (non-hydrogen) atoms. The fourth-order valence-electron chi connectivity index (χ4n) is 6.32. The molecule has 1 aliphatic carbocycles. The summed E-state index contributed by atoms with van der Waals surface area (Å²) in [5.41, 5.74) is 0.308. The summed E-state index contributed by atoms with van der Waals surface area (Å²) < 4.78 is 51.2. The number of aromatic nitrogens is 4. The van der Waals surface area contributed by atoms with E-state index in [0.717, 1.165) is 12.8 Å². The highest BCUT2D eigenvalue weighted by Crippen LogP contribution is 2.42. The lowest BCUT2D eigenvalue weighted by atomic mass is 9.94. The second-order valence-electron chi connectivity index (χ2n) is 11.8. The average molecular weight is 720 g/mol. The Balaban J connectivity index is 1.08. The van der Waals surface area contributed by atoms with E-state index in [1.807, 2.05) is 0 Å². The molecular formula is C29H43ClN5O12P. The van der Waals surface area contributed by atoms with E-state index in [9.17, 15) is 14.8 Å². The molecule has 2 aromatic rings. The summed E-state index contributed by atoms with van der Waals surface area (Å²) in [5, 5.41) is 26.2. The molecule has 5 rings (SSSR count). The summed E-state index contributed by atoms with van der Waals surface area (Å²) in [6.45, 7) is 5.09. The van der Waals surface area contributed by atoms with Crippen LogP contribution in [0.1, 0.15) is 19.1 Å². The van der Waals surface area contributed by atoms with Crippen LogP contribution in [0, 0.1) is 24.2 Å². The standard InChI is InChI=1S/C29H43ClN5O12P/c1-2-5-41-6-7-42-8-9-43-10-11-44-12-13-46-25-19-3-4-20(25)16-34(15-19)26-21-14-31-35(27(21)33-29(30)32-26)28-24(37)23(36)22(47-28)17-45-18-48(38,39)40/h1,14,19-20,22-25,28,36-37H,3-13,15-18H2,(H2,38,39,40)/t19-,20+,22-,23-,24-,25?,28-/m1/s1. The normalized spacial score (nSPS) is 27.2. The summed E-state index contributed by atoms with van der Waals surface area (Å²) in [7, 11) is -4.41. The maximum Gasteiger partial charge on any atom is 0.350 e. The molecule has 0 spiro atoms. The van der Waals surface area contributed by atoms with Gasteiger partial charge in [-0.2, -0.15) is 15.1 Å². The summed E-state index contributed by atoms with van der Waals surface area (Å²) in [6, 6.07) is 0. The lowest BCUT2D eigenvalue weighted by molar-refractivity contribution is -0.0658. The van der Waals surface area contributed by atoms with E-state index >= 15 is 0 Å². The van der Waals surface area contributed by atoms with Gasteiger partial charge >= 0.3 is 7.60 Å². The molecule has 4 N–H and O–H groups in total. The van der Waals surface area contributed by atoms with Gasteiger partial charge < -0.3 is 58.1 Å². The number of fused-ring (bicyclic) bond motifs is 3. The van der Waals surface area contributed by atoms with Crippen LogP contribution in [0.3, 0.4) is 0 Å². The van der Waals surface area contributed by atoms with Gasteiger partial charge in [0.1, 0.15) is 37.1 Å². The molecule has 0 radical (unpaired) electrons. The molecule has 2 aliphatic heterocycles. The van der Waals surface area contributed by atoms with E-state index in [2.05, 4.69) is 25.9 Å². The van der Waals surface area contributed by atoms with E-state index in [0.29, 0.717) is 82.8 Å². The lowest BCUT2D eigenvalue weighted by Crippen LogP contribution is -2.46. The highest BCUT2D eigenvalue weighted by Gasteiger charge is 2.46. The van der Waals surface area contributed by atoms with Crippen molar-refractivity contribution in [3.63, 3.8) is 0 Å². The van der Waals surface area contributed by atoms with Gasteiger partial charge in [-0.15, -0.1) is 6.42 Å². The van der Waals surface area contributed by atoms with Crippen LogP contribution in [-0.2, 0) is 37.7 Å². The van der Waals surface area contributed by atoms with Crippen molar-refractivity contribution < 1.29 is 57.7 Å². The number of halogens is 1. The number of terminal acetylenes is 1. The van der Waals surface area contributed by atoms with Crippen LogP contribution in [-0.4, -0.2) is 150 Å². The third kappa shape index (κ3) is 9.82. The first-order chi connectivity index (χ1) is 23.2. The average Bonchev–Trinajstić information content (AvgIpc) is 3.66. The van der Waals surface area contributed by atoms with Gasteiger partial charge in [0.25, 0.3) is 0 Å². The van der Waals surface area contributed by atoms with E-state index < -0.39 is 38.5 Å². The van der Waals surface area contributed by atoms with Crippen LogP contribution >= 0.6 is 19.2 Å². The summed E-state index contributed by atoms with van der Waals surface area (Å²) in [4.78, 5) is 29.1. The van der Waals surface area contributed by atoms with Gasteiger partial charge in [-0.05, 0) is 24.4 Å². The van der Waals surface area contributed by atoms with Crippen molar-refractivity contribution in [1.29, 1.82) is 0 Å². The Bertz CT molecular complexity index is 1400. The van der Waals surface area contributed by atoms with E-state index in [1.54, 1.807) is 6.20 Å². The fraction of sp³-hybridized carbons (Fsp3) is 0.759. The SMILES string of the molecule is C#CCOCCOCCOCCOCCOC1[C@@H]2CC[C@H]1CN(c1nc(Cl)nc3c1cnn3[C@@H]1O[C@H](COCP(=O)(O)O)[C@@H](O)[C@H]1O)C2. The minimum Gasteiger partial charge on any atom is -0.387 e. The molecule has 2 bridgehead atoms. The van der Waals surface area contributed by atoms with Gasteiger partial charge in [0.05, 0.1) is 77.1 Å². The van der Waals surface area contributed by atoms with Gasteiger partial charge in [-0.1, -0.05) is 5.92 Å². The van der Waals surface area contributed by atoms with Crippen LogP contribution < -0.4 is 4.90 Å². The van der Waals surface area contributed by atoms with Gasteiger partial charge in [0, 0.05) is 24.9 Å². The smallest absolute Gasteiger partial charge is 0.350 e. The maximum absolute atomic E-state index is 11.1. The van der Waals surface area contributed by atoms with Crippen molar-refractivity contribution >= 4 is 36.0 Å². The fourth-order valence-corrected chi connectivity index (χ4v) is 6.82. The molecule has 3 aliphatic rings. The van der Waals surface area contributed by atoms with Crippen molar-refractivity contribution in [2.24, 2.45) is 11.8 Å². The zero-order valence-electron chi connectivity index (χ0n) is 26.4. The van der Waals surface area contributed by atoms with Crippen LogP contribution in [0.4, 0.5) is 5.82 Å². The lowest BCUT2D eigenvalue weighted by Gasteiger charge is -2.38. The van der Waals surface area contributed by atoms with Crippen molar-refractivity contribution in [1.82, 2.24) is 19.7 Å². The maximum atomic E-state index is 11.1.